The number of fused-ring (bicyclic) bond motifs is 1. The molecule has 0 spiro atoms. The third-order valence-corrected chi connectivity index (χ3v) is 5.05. The van der Waals surface area contributed by atoms with Gasteiger partial charge in [0.05, 0.1) is 0 Å². The highest BCUT2D eigenvalue weighted by Gasteiger charge is 2.20. The maximum Gasteiger partial charge on any atom is 0.336 e. The minimum absolute atomic E-state index is 0.166. The number of nitrogens with one attached hydrogen (secondary N) is 1. The Bertz CT molecular complexity index is 1170. The first kappa shape index (κ1) is 19.7. The normalized spacial score (nSPS) is 13.6. The van der Waals surface area contributed by atoms with Gasteiger partial charge in [-0.05, 0) is 48.7 Å². The number of hydrogen-bond donors (Lipinski definition) is 1. The van der Waals surface area contributed by atoms with Crippen LogP contribution in [0.3, 0.4) is 0 Å². The molecule has 4 rings (SSSR count). The number of amides is 2. The standard InChI is InChI=1S/C23H22N2O5/c1-15-10-23(28)30-20-12-18(7-8-19(15)20)29-14-21(26)24-17-5-2-4-16(11-17)13-25-9-3-6-22(25)27/h2,4-5,7-8,10-12H,3,6,9,13-14H2,1H3,(H,24,26). The van der Waals surface area contributed by atoms with E-state index in [1.807, 2.05) is 30.0 Å². The molecule has 0 unspecified atom stereocenters. The first-order chi connectivity index (χ1) is 14.5. The first-order valence-electron chi connectivity index (χ1n) is 9.82. The van der Waals surface area contributed by atoms with E-state index in [0.717, 1.165) is 29.5 Å². The van der Waals surface area contributed by atoms with Crippen molar-refractivity contribution in [2.75, 3.05) is 18.5 Å². The number of ether oxygens (including phenoxy) is 1. The zero-order valence-corrected chi connectivity index (χ0v) is 16.6. The van der Waals surface area contributed by atoms with Crippen LogP contribution < -0.4 is 15.7 Å². The average molecular weight is 406 g/mol. The molecule has 1 aliphatic heterocycles. The molecular weight excluding hydrogens is 384 g/mol. The molecule has 1 saturated heterocycles. The van der Waals surface area contributed by atoms with Crippen LogP contribution in [0.15, 0.2) is 57.7 Å². The third kappa shape index (κ3) is 4.51. The second-order valence-electron chi connectivity index (χ2n) is 7.36. The molecule has 30 heavy (non-hydrogen) atoms. The van der Waals surface area contributed by atoms with Crippen molar-refractivity contribution in [3.05, 3.63) is 70.1 Å². The van der Waals surface area contributed by atoms with E-state index in [1.165, 1.54) is 6.07 Å². The van der Waals surface area contributed by atoms with Gasteiger partial charge in [-0.1, -0.05) is 12.1 Å². The van der Waals surface area contributed by atoms with Gasteiger partial charge in [0.25, 0.3) is 5.91 Å². The van der Waals surface area contributed by atoms with Gasteiger partial charge >= 0.3 is 5.63 Å². The zero-order valence-electron chi connectivity index (χ0n) is 16.6. The van der Waals surface area contributed by atoms with Crippen molar-refractivity contribution in [1.82, 2.24) is 4.90 Å². The molecule has 0 bridgehead atoms. The van der Waals surface area contributed by atoms with Crippen LogP contribution in [-0.2, 0) is 16.1 Å². The zero-order chi connectivity index (χ0) is 21.1. The summed E-state index contributed by atoms with van der Waals surface area (Å²) >= 11 is 0. The molecule has 2 aromatic carbocycles. The predicted molar refractivity (Wildman–Crippen MR) is 112 cm³/mol. The molecule has 7 heteroatoms. The molecule has 3 aromatic rings. The van der Waals surface area contributed by atoms with Crippen LogP contribution >= 0.6 is 0 Å². The molecule has 154 valence electrons. The Morgan fingerprint density at radius 3 is 2.83 bits per heavy atom. The Morgan fingerprint density at radius 2 is 2.03 bits per heavy atom. The largest absolute Gasteiger partial charge is 0.484 e. The lowest BCUT2D eigenvalue weighted by Gasteiger charge is -2.16. The van der Waals surface area contributed by atoms with E-state index in [-0.39, 0.29) is 18.4 Å². The van der Waals surface area contributed by atoms with Crippen molar-refractivity contribution < 1.29 is 18.7 Å². The molecule has 1 aliphatic rings. The molecule has 7 nitrogen and oxygen atoms in total. The van der Waals surface area contributed by atoms with E-state index in [0.29, 0.717) is 30.0 Å². The van der Waals surface area contributed by atoms with Gasteiger partial charge in [-0.25, -0.2) is 4.79 Å². The lowest BCUT2D eigenvalue weighted by atomic mass is 10.1. The van der Waals surface area contributed by atoms with Gasteiger partial charge in [0.2, 0.25) is 5.91 Å². The van der Waals surface area contributed by atoms with E-state index in [2.05, 4.69) is 5.32 Å². The number of likely N-dealkylation sites (tertiary alicyclic amines) is 1. The maximum absolute atomic E-state index is 12.3. The fourth-order valence-corrected chi connectivity index (χ4v) is 3.58. The number of aryl methyl sites for hydroxylation is 1. The molecule has 0 saturated carbocycles. The molecule has 0 radical (unpaired) electrons. The van der Waals surface area contributed by atoms with Gasteiger partial charge in [0.15, 0.2) is 6.61 Å². The van der Waals surface area contributed by atoms with Crippen LogP contribution in [0.25, 0.3) is 11.0 Å². The molecule has 2 amide bonds. The summed E-state index contributed by atoms with van der Waals surface area (Å²) in [4.78, 5) is 37.5. The Labute approximate surface area is 173 Å². The van der Waals surface area contributed by atoms with Crippen molar-refractivity contribution in [3.8, 4) is 5.75 Å². The fourth-order valence-electron chi connectivity index (χ4n) is 3.58. The number of nitrogens with zero attached hydrogens (tertiary/aromatic N) is 1. The van der Waals surface area contributed by atoms with Crippen LogP contribution in [0.2, 0.25) is 0 Å². The summed E-state index contributed by atoms with van der Waals surface area (Å²) in [7, 11) is 0. The lowest BCUT2D eigenvalue weighted by molar-refractivity contribution is -0.128. The van der Waals surface area contributed by atoms with Crippen molar-refractivity contribution in [1.29, 1.82) is 0 Å². The summed E-state index contributed by atoms with van der Waals surface area (Å²) in [6.07, 6.45) is 1.50. The van der Waals surface area contributed by atoms with Gasteiger partial charge < -0.3 is 19.4 Å². The van der Waals surface area contributed by atoms with E-state index in [1.54, 1.807) is 24.3 Å². The van der Waals surface area contributed by atoms with Crippen LogP contribution in [0.4, 0.5) is 5.69 Å². The minimum atomic E-state index is -0.426. The topological polar surface area (TPSA) is 88.8 Å². The van der Waals surface area contributed by atoms with Gasteiger partial charge in [-0.2, -0.15) is 0 Å². The van der Waals surface area contributed by atoms with Gasteiger partial charge in [-0.15, -0.1) is 0 Å². The highest BCUT2D eigenvalue weighted by atomic mass is 16.5. The van der Waals surface area contributed by atoms with E-state index >= 15 is 0 Å². The number of anilines is 1. The summed E-state index contributed by atoms with van der Waals surface area (Å²) in [5.74, 6) is 0.294. The van der Waals surface area contributed by atoms with Crippen molar-refractivity contribution >= 4 is 28.5 Å². The third-order valence-electron chi connectivity index (χ3n) is 5.05. The fraction of sp³-hybridized carbons (Fsp3) is 0.261. The summed E-state index contributed by atoms with van der Waals surface area (Å²) in [6.45, 7) is 2.97. The second-order valence-corrected chi connectivity index (χ2v) is 7.36. The Kier molecular flexibility index (Phi) is 5.52. The smallest absolute Gasteiger partial charge is 0.336 e. The molecule has 1 fully saturated rings. The molecule has 0 atom stereocenters. The summed E-state index contributed by atoms with van der Waals surface area (Å²) in [5, 5.41) is 3.62. The molecule has 1 N–H and O–H groups in total. The Morgan fingerprint density at radius 1 is 1.17 bits per heavy atom. The predicted octanol–water partition coefficient (Wildman–Crippen LogP) is 3.24. The van der Waals surface area contributed by atoms with E-state index in [4.69, 9.17) is 9.15 Å². The minimum Gasteiger partial charge on any atom is -0.484 e. The summed E-state index contributed by atoms with van der Waals surface area (Å²) in [5.41, 5.74) is 2.42. The van der Waals surface area contributed by atoms with Crippen LogP contribution in [0, 0.1) is 6.92 Å². The van der Waals surface area contributed by atoms with Crippen LogP contribution in [0.5, 0.6) is 5.75 Å². The highest BCUT2D eigenvalue weighted by molar-refractivity contribution is 5.92. The number of benzene rings is 2. The molecule has 0 aliphatic carbocycles. The quantitative estimate of drug-likeness (QED) is 0.635. The Balaban J connectivity index is 1.37. The van der Waals surface area contributed by atoms with Crippen molar-refractivity contribution in [2.45, 2.75) is 26.3 Å². The van der Waals surface area contributed by atoms with Gasteiger partial charge in [0, 0.05) is 42.7 Å². The summed E-state index contributed by atoms with van der Waals surface area (Å²) in [6, 6.07) is 14.0. The lowest BCUT2D eigenvalue weighted by Crippen LogP contribution is -2.24. The number of carbonyl (C=O) groups is 2. The second kappa shape index (κ2) is 8.41. The summed E-state index contributed by atoms with van der Waals surface area (Å²) < 4.78 is 10.7. The SMILES string of the molecule is Cc1cc(=O)oc2cc(OCC(=O)Nc3cccc(CN4CCCC4=O)c3)ccc12. The van der Waals surface area contributed by atoms with Crippen molar-refractivity contribution in [2.24, 2.45) is 0 Å². The van der Waals surface area contributed by atoms with E-state index < -0.39 is 5.63 Å². The number of carbonyl (C=O) groups excluding carboxylic acids is 2. The van der Waals surface area contributed by atoms with E-state index in [9.17, 15) is 14.4 Å². The van der Waals surface area contributed by atoms with Gasteiger partial charge in [-0.3, -0.25) is 9.59 Å². The molecular formula is C23H22N2O5. The van der Waals surface area contributed by atoms with Crippen molar-refractivity contribution in [3.63, 3.8) is 0 Å². The maximum atomic E-state index is 12.3. The monoisotopic (exact) mass is 406 g/mol. The Hall–Kier alpha value is -3.61. The number of rotatable bonds is 6. The number of hydrogen-bond acceptors (Lipinski definition) is 5. The van der Waals surface area contributed by atoms with Crippen LogP contribution in [0.1, 0.15) is 24.0 Å². The molecule has 1 aromatic heterocycles. The van der Waals surface area contributed by atoms with Gasteiger partial charge in [0.1, 0.15) is 11.3 Å². The van der Waals surface area contributed by atoms with Crippen LogP contribution in [-0.4, -0.2) is 29.9 Å². The highest BCUT2D eigenvalue weighted by Crippen LogP contribution is 2.22. The molecule has 2 heterocycles. The first-order valence-corrected chi connectivity index (χ1v) is 9.82. The average Bonchev–Trinajstić information content (AvgIpc) is 3.10.